The molecule has 0 amide bonds. The van der Waals surface area contributed by atoms with Crippen molar-refractivity contribution in [2.45, 2.75) is 138 Å². The molecular weight excluding hydrogens is 376 g/mol. The number of allylic oxidation sites excluding steroid dienone is 8. The number of hydrogen-bond donors (Lipinski definition) is 0. The minimum absolute atomic E-state index is 0.134. The highest BCUT2D eigenvalue weighted by atomic mass is 16.6. The Morgan fingerprint density at radius 3 is 1.58 bits per heavy atom. The van der Waals surface area contributed by atoms with Crippen LogP contribution in [-0.4, -0.2) is 11.7 Å². The average Bonchev–Trinajstić information content (AvgIpc) is 3.30. The number of rotatable bonds is 16. The molecule has 1 rings (SSSR count). The molecule has 1 atom stereocenters. The Kier molecular flexibility index (Phi) is 13.4. The molecule has 0 aromatic carbocycles. The molecule has 1 aliphatic rings. The number of unbranched alkanes of at least 4 members (excludes halogenated alkanes) is 1. The average molecular weight is 429 g/mol. The van der Waals surface area contributed by atoms with Crippen molar-refractivity contribution in [2.75, 3.05) is 0 Å². The molecule has 0 aromatic heterocycles. The van der Waals surface area contributed by atoms with Crippen LogP contribution in [0.5, 0.6) is 0 Å². The topological polar surface area (TPSA) is 12.5 Å². The Balaban J connectivity index is 2.14. The second-order valence-electron chi connectivity index (χ2n) is 10.9. The van der Waals surface area contributed by atoms with E-state index in [4.69, 9.17) is 4.74 Å². The zero-order chi connectivity index (χ0) is 23.3. The molecule has 0 aromatic rings. The molecule has 1 heterocycles. The van der Waals surface area contributed by atoms with Gasteiger partial charge in [-0.3, -0.25) is 0 Å². The van der Waals surface area contributed by atoms with Gasteiger partial charge in [-0.1, -0.05) is 66.9 Å². The zero-order valence-corrected chi connectivity index (χ0v) is 22.2. The van der Waals surface area contributed by atoms with Gasteiger partial charge in [-0.15, -0.1) is 0 Å². The van der Waals surface area contributed by atoms with Crippen LogP contribution >= 0.6 is 0 Å². The Morgan fingerprint density at radius 1 is 0.710 bits per heavy atom. The third-order valence-corrected chi connectivity index (χ3v) is 6.53. The van der Waals surface area contributed by atoms with E-state index in [9.17, 15) is 0 Å². The highest BCUT2D eigenvalue weighted by Crippen LogP contribution is 2.38. The predicted molar refractivity (Wildman–Crippen MR) is 140 cm³/mol. The van der Waals surface area contributed by atoms with Crippen LogP contribution in [0.3, 0.4) is 0 Å². The lowest BCUT2D eigenvalue weighted by Gasteiger charge is -2.05. The third kappa shape index (κ3) is 14.6. The standard InChI is InChI=1S/C30H52O/c1-24(2)14-11-17-27(5)20-12-18-25(3)15-9-10-16-26(4)19-13-21-28(6)22-23-29-30(7,8)31-29/h15-16,20-21,24,29H,9-14,17-19,22-23H2,1-8H3/b25-15?,26-16+,27-20-,28-21?. The molecule has 1 unspecified atom stereocenters. The van der Waals surface area contributed by atoms with Gasteiger partial charge >= 0.3 is 0 Å². The van der Waals surface area contributed by atoms with E-state index in [2.05, 4.69) is 79.7 Å². The van der Waals surface area contributed by atoms with Gasteiger partial charge in [0.25, 0.3) is 0 Å². The fourth-order valence-electron chi connectivity index (χ4n) is 4.05. The summed E-state index contributed by atoms with van der Waals surface area (Å²) in [6, 6.07) is 0. The van der Waals surface area contributed by atoms with Gasteiger partial charge in [0, 0.05) is 0 Å². The largest absolute Gasteiger partial charge is 0.367 e. The van der Waals surface area contributed by atoms with Gasteiger partial charge in [0.15, 0.2) is 0 Å². The Labute approximate surface area is 195 Å². The molecule has 0 saturated carbocycles. The molecule has 31 heavy (non-hydrogen) atoms. The van der Waals surface area contributed by atoms with E-state index in [1.54, 1.807) is 11.1 Å². The minimum atomic E-state index is 0.134. The lowest BCUT2D eigenvalue weighted by Crippen LogP contribution is -2.02. The maximum Gasteiger partial charge on any atom is 0.0892 e. The van der Waals surface area contributed by atoms with Crippen LogP contribution in [0.15, 0.2) is 46.6 Å². The number of epoxide rings is 1. The van der Waals surface area contributed by atoms with Gasteiger partial charge in [-0.2, -0.15) is 0 Å². The third-order valence-electron chi connectivity index (χ3n) is 6.53. The van der Waals surface area contributed by atoms with E-state index in [-0.39, 0.29) is 5.60 Å². The van der Waals surface area contributed by atoms with E-state index < -0.39 is 0 Å². The van der Waals surface area contributed by atoms with E-state index in [1.807, 2.05) is 0 Å². The number of ether oxygens (including phenoxy) is 1. The van der Waals surface area contributed by atoms with Crippen molar-refractivity contribution >= 4 is 0 Å². The van der Waals surface area contributed by atoms with Crippen molar-refractivity contribution in [2.24, 2.45) is 5.92 Å². The normalized spacial score (nSPS) is 20.0. The Hall–Kier alpha value is -1.08. The molecule has 0 bridgehead atoms. The molecule has 1 heteroatoms. The summed E-state index contributed by atoms with van der Waals surface area (Å²) in [6.45, 7) is 18.2. The monoisotopic (exact) mass is 428 g/mol. The van der Waals surface area contributed by atoms with E-state index in [1.165, 1.54) is 81.8 Å². The van der Waals surface area contributed by atoms with Crippen molar-refractivity contribution < 1.29 is 4.74 Å². The van der Waals surface area contributed by atoms with Crippen LogP contribution in [0.25, 0.3) is 0 Å². The van der Waals surface area contributed by atoms with Crippen LogP contribution in [0.1, 0.15) is 126 Å². The van der Waals surface area contributed by atoms with E-state index >= 15 is 0 Å². The van der Waals surface area contributed by atoms with Crippen LogP contribution in [-0.2, 0) is 4.74 Å². The first-order chi connectivity index (χ1) is 14.6. The second-order valence-corrected chi connectivity index (χ2v) is 10.9. The van der Waals surface area contributed by atoms with E-state index in [0.717, 1.165) is 5.92 Å². The van der Waals surface area contributed by atoms with Crippen LogP contribution < -0.4 is 0 Å². The van der Waals surface area contributed by atoms with Crippen LogP contribution in [0.2, 0.25) is 0 Å². The lowest BCUT2D eigenvalue weighted by atomic mass is 10.0. The summed E-state index contributed by atoms with van der Waals surface area (Å²) in [5.74, 6) is 0.830. The molecule has 0 spiro atoms. The first-order valence-electron chi connectivity index (χ1n) is 12.9. The first-order valence-corrected chi connectivity index (χ1v) is 12.9. The van der Waals surface area contributed by atoms with Gasteiger partial charge in [0.2, 0.25) is 0 Å². The molecule has 0 aliphatic carbocycles. The van der Waals surface area contributed by atoms with Crippen molar-refractivity contribution in [3.05, 3.63) is 46.6 Å². The molecule has 0 radical (unpaired) electrons. The highest BCUT2D eigenvalue weighted by molar-refractivity contribution is 5.07. The Bertz CT molecular complexity index is 627. The molecule has 1 fully saturated rings. The van der Waals surface area contributed by atoms with Crippen molar-refractivity contribution in [1.29, 1.82) is 0 Å². The smallest absolute Gasteiger partial charge is 0.0892 e. The first kappa shape index (κ1) is 28.0. The molecule has 1 nitrogen and oxygen atoms in total. The summed E-state index contributed by atoms with van der Waals surface area (Å²) in [5, 5.41) is 0. The maximum absolute atomic E-state index is 5.68. The summed E-state index contributed by atoms with van der Waals surface area (Å²) in [5.41, 5.74) is 6.29. The second kappa shape index (κ2) is 14.9. The van der Waals surface area contributed by atoms with Gasteiger partial charge in [0.1, 0.15) is 0 Å². The molecule has 0 N–H and O–H groups in total. The maximum atomic E-state index is 5.68. The van der Waals surface area contributed by atoms with Crippen LogP contribution in [0.4, 0.5) is 0 Å². The SMILES string of the molecule is CC(=CCC/C=C(\C)CCC=C(C)CCC1OC1(C)C)CC/C=C(/C)CCCC(C)C. The number of hydrogen-bond acceptors (Lipinski definition) is 1. The lowest BCUT2D eigenvalue weighted by molar-refractivity contribution is 0.320. The van der Waals surface area contributed by atoms with Gasteiger partial charge in [-0.05, 0) is 112 Å². The summed E-state index contributed by atoms with van der Waals surface area (Å²) < 4.78 is 5.68. The zero-order valence-electron chi connectivity index (χ0n) is 22.2. The summed E-state index contributed by atoms with van der Waals surface area (Å²) in [7, 11) is 0. The molecular formula is C30H52O. The highest BCUT2D eigenvalue weighted by Gasteiger charge is 2.46. The van der Waals surface area contributed by atoms with E-state index in [0.29, 0.717) is 6.10 Å². The van der Waals surface area contributed by atoms with Gasteiger partial charge < -0.3 is 4.74 Å². The fourth-order valence-corrected chi connectivity index (χ4v) is 4.05. The quantitative estimate of drug-likeness (QED) is 0.135. The summed E-state index contributed by atoms with van der Waals surface area (Å²) in [6.07, 6.45) is 23.6. The van der Waals surface area contributed by atoms with Crippen LogP contribution in [0, 0.1) is 5.92 Å². The molecule has 1 saturated heterocycles. The van der Waals surface area contributed by atoms with Crippen molar-refractivity contribution in [3.8, 4) is 0 Å². The van der Waals surface area contributed by atoms with Gasteiger partial charge in [-0.25, -0.2) is 0 Å². The molecule has 1 aliphatic heterocycles. The summed E-state index contributed by atoms with van der Waals surface area (Å²) in [4.78, 5) is 0. The predicted octanol–water partition coefficient (Wildman–Crippen LogP) is 9.90. The van der Waals surface area contributed by atoms with Crippen molar-refractivity contribution in [3.63, 3.8) is 0 Å². The van der Waals surface area contributed by atoms with Gasteiger partial charge in [0.05, 0.1) is 11.7 Å². The summed E-state index contributed by atoms with van der Waals surface area (Å²) >= 11 is 0. The van der Waals surface area contributed by atoms with Crippen molar-refractivity contribution in [1.82, 2.24) is 0 Å². The molecule has 178 valence electrons. The minimum Gasteiger partial charge on any atom is -0.367 e. The Morgan fingerprint density at radius 2 is 1.13 bits per heavy atom. The fraction of sp³-hybridized carbons (Fsp3) is 0.733.